The molecule has 8 heteroatoms. The second kappa shape index (κ2) is 7.59. The molecule has 0 fully saturated rings. The molecule has 2 amide bonds. The largest absolute Gasteiger partial charge is 0.507 e. The number of amides is 2. The zero-order valence-corrected chi connectivity index (χ0v) is 12.4. The van der Waals surface area contributed by atoms with E-state index < -0.39 is 17.6 Å². The summed E-state index contributed by atoms with van der Waals surface area (Å²) in [5, 5.41) is 9.55. The van der Waals surface area contributed by atoms with Crippen molar-refractivity contribution >= 4 is 23.6 Å². The van der Waals surface area contributed by atoms with Crippen LogP contribution in [0.2, 0.25) is 0 Å². The lowest BCUT2D eigenvalue weighted by molar-refractivity contribution is 0.0843. The normalized spacial score (nSPS) is 10.4. The van der Waals surface area contributed by atoms with Crippen LogP contribution in [-0.2, 0) is 0 Å². The minimum Gasteiger partial charge on any atom is -0.507 e. The summed E-state index contributed by atoms with van der Waals surface area (Å²) in [4.78, 5) is 24.0. The summed E-state index contributed by atoms with van der Waals surface area (Å²) in [6.45, 7) is 0. The molecule has 0 atom stereocenters. The summed E-state index contributed by atoms with van der Waals surface area (Å²) in [6, 6.07) is 11.6. The molecule has 0 saturated carbocycles. The highest BCUT2D eigenvalue weighted by molar-refractivity contribution is 7.99. The van der Waals surface area contributed by atoms with Crippen molar-refractivity contribution < 1.29 is 23.5 Å². The quantitative estimate of drug-likeness (QED) is 0.592. The first kappa shape index (κ1) is 16.8. The van der Waals surface area contributed by atoms with Crippen LogP contribution in [0.3, 0.4) is 0 Å². The Morgan fingerprint density at radius 1 is 0.913 bits per heavy atom. The van der Waals surface area contributed by atoms with Gasteiger partial charge in [0, 0.05) is 4.90 Å². The number of hydrogen-bond donors (Lipinski definition) is 3. The Balaban J connectivity index is 2.06. The average molecular weight is 338 g/mol. The molecule has 0 aromatic heterocycles. The third-order valence-corrected chi connectivity index (χ3v) is 3.57. The molecule has 3 N–H and O–H groups in total. The van der Waals surface area contributed by atoms with Crippen LogP contribution in [0, 0.1) is 0 Å². The number of halogens is 2. The third kappa shape index (κ3) is 4.43. The SMILES string of the molecule is O=C(NNC(=O)c1ccccc1SC(F)F)c1ccccc1O. The van der Waals surface area contributed by atoms with Gasteiger partial charge in [0.15, 0.2) is 0 Å². The second-order valence-electron chi connectivity index (χ2n) is 4.30. The predicted molar refractivity (Wildman–Crippen MR) is 81.3 cm³/mol. The predicted octanol–water partition coefficient (Wildman–Crippen LogP) is 2.78. The smallest absolute Gasteiger partial charge is 0.288 e. The minimum atomic E-state index is -2.67. The van der Waals surface area contributed by atoms with Gasteiger partial charge in [-0.25, -0.2) is 0 Å². The Bertz CT molecular complexity index is 725. The van der Waals surface area contributed by atoms with E-state index in [1.165, 1.54) is 36.4 Å². The third-order valence-electron chi connectivity index (χ3n) is 2.79. The maximum absolute atomic E-state index is 12.5. The molecule has 0 spiro atoms. The lowest BCUT2D eigenvalue weighted by Crippen LogP contribution is -2.41. The van der Waals surface area contributed by atoms with E-state index in [1.54, 1.807) is 12.1 Å². The topological polar surface area (TPSA) is 78.4 Å². The molecule has 2 aromatic rings. The molecule has 120 valence electrons. The highest BCUT2D eigenvalue weighted by atomic mass is 32.2. The average Bonchev–Trinajstić information content (AvgIpc) is 2.52. The Morgan fingerprint density at radius 3 is 2.04 bits per heavy atom. The summed E-state index contributed by atoms with van der Waals surface area (Å²) in [7, 11) is 0. The number of carbonyl (C=O) groups is 2. The summed E-state index contributed by atoms with van der Waals surface area (Å²) in [6.07, 6.45) is 0. The molecule has 0 bridgehead atoms. The number of para-hydroxylation sites is 1. The van der Waals surface area contributed by atoms with E-state index in [1.807, 2.05) is 0 Å². The molecule has 2 rings (SSSR count). The maximum Gasteiger partial charge on any atom is 0.288 e. The minimum absolute atomic E-state index is 0.00961. The molecule has 0 unspecified atom stereocenters. The number of phenolic OH excluding ortho intramolecular Hbond substituents is 1. The molecule has 5 nitrogen and oxygen atoms in total. The Labute approximate surface area is 134 Å². The number of aromatic hydroxyl groups is 1. The number of benzene rings is 2. The molecule has 0 radical (unpaired) electrons. The van der Waals surface area contributed by atoms with Crippen LogP contribution in [0.1, 0.15) is 20.7 Å². The lowest BCUT2D eigenvalue weighted by atomic mass is 10.2. The molecule has 2 aromatic carbocycles. The molecular formula is C15H12F2N2O3S. The fourth-order valence-electron chi connectivity index (χ4n) is 1.77. The van der Waals surface area contributed by atoms with Gasteiger partial charge in [0.05, 0.1) is 11.1 Å². The molecule has 23 heavy (non-hydrogen) atoms. The first-order valence-corrected chi connectivity index (χ1v) is 7.29. The maximum atomic E-state index is 12.5. The Hall–Kier alpha value is -2.61. The van der Waals surface area contributed by atoms with E-state index in [9.17, 15) is 23.5 Å². The molecule has 0 aliphatic heterocycles. The fraction of sp³-hybridized carbons (Fsp3) is 0.0667. The van der Waals surface area contributed by atoms with Crippen LogP contribution >= 0.6 is 11.8 Å². The van der Waals surface area contributed by atoms with Crippen molar-refractivity contribution in [2.75, 3.05) is 0 Å². The number of nitrogens with one attached hydrogen (secondary N) is 2. The van der Waals surface area contributed by atoms with E-state index in [0.29, 0.717) is 0 Å². The van der Waals surface area contributed by atoms with Gasteiger partial charge in [0.25, 0.3) is 17.6 Å². The van der Waals surface area contributed by atoms with Gasteiger partial charge < -0.3 is 5.11 Å². The summed E-state index contributed by atoms with van der Waals surface area (Å²) >= 11 is 0.240. The van der Waals surface area contributed by atoms with Gasteiger partial charge in [-0.2, -0.15) is 8.78 Å². The number of rotatable bonds is 4. The van der Waals surface area contributed by atoms with Gasteiger partial charge in [-0.05, 0) is 24.3 Å². The summed E-state index contributed by atoms with van der Waals surface area (Å²) < 4.78 is 25.0. The second-order valence-corrected chi connectivity index (χ2v) is 5.33. The number of thioether (sulfide) groups is 1. The van der Waals surface area contributed by atoms with Crippen molar-refractivity contribution in [3.8, 4) is 5.75 Å². The van der Waals surface area contributed by atoms with Gasteiger partial charge in [-0.1, -0.05) is 36.0 Å². The highest BCUT2D eigenvalue weighted by Crippen LogP contribution is 2.28. The summed E-state index contributed by atoms with van der Waals surface area (Å²) in [5.74, 6) is -4.37. The van der Waals surface area contributed by atoms with Crippen LogP contribution in [0.15, 0.2) is 53.4 Å². The van der Waals surface area contributed by atoms with Crippen LogP contribution in [0.4, 0.5) is 8.78 Å². The fourth-order valence-corrected chi connectivity index (χ4v) is 2.40. The van der Waals surface area contributed by atoms with Gasteiger partial charge in [-0.3, -0.25) is 20.4 Å². The molecular weight excluding hydrogens is 326 g/mol. The van der Waals surface area contributed by atoms with Crippen LogP contribution in [0.25, 0.3) is 0 Å². The number of alkyl halides is 2. The summed E-state index contributed by atoms with van der Waals surface area (Å²) in [5.41, 5.74) is 4.24. The first-order valence-electron chi connectivity index (χ1n) is 6.41. The number of hydrogen-bond acceptors (Lipinski definition) is 4. The highest BCUT2D eigenvalue weighted by Gasteiger charge is 2.16. The van der Waals surface area contributed by atoms with Gasteiger partial charge >= 0.3 is 0 Å². The zero-order chi connectivity index (χ0) is 16.8. The van der Waals surface area contributed by atoms with Crippen molar-refractivity contribution in [3.05, 3.63) is 59.7 Å². The van der Waals surface area contributed by atoms with Crippen molar-refractivity contribution in [3.63, 3.8) is 0 Å². The molecule has 0 saturated heterocycles. The first-order chi connectivity index (χ1) is 11.0. The van der Waals surface area contributed by atoms with Crippen LogP contribution in [-0.4, -0.2) is 22.7 Å². The number of carbonyl (C=O) groups excluding carboxylic acids is 2. The van der Waals surface area contributed by atoms with Crippen molar-refractivity contribution in [1.29, 1.82) is 0 Å². The molecule has 0 heterocycles. The van der Waals surface area contributed by atoms with Crippen molar-refractivity contribution in [2.45, 2.75) is 10.7 Å². The van der Waals surface area contributed by atoms with Gasteiger partial charge in [-0.15, -0.1) is 0 Å². The lowest BCUT2D eigenvalue weighted by Gasteiger charge is -2.11. The zero-order valence-electron chi connectivity index (χ0n) is 11.6. The van der Waals surface area contributed by atoms with Crippen molar-refractivity contribution in [1.82, 2.24) is 10.9 Å². The van der Waals surface area contributed by atoms with Crippen LogP contribution < -0.4 is 10.9 Å². The van der Waals surface area contributed by atoms with Gasteiger partial charge in [0.1, 0.15) is 5.75 Å². The van der Waals surface area contributed by atoms with E-state index >= 15 is 0 Å². The van der Waals surface area contributed by atoms with E-state index in [-0.39, 0.29) is 33.5 Å². The number of phenols is 1. The molecule has 0 aliphatic carbocycles. The standard InChI is InChI=1S/C15H12F2N2O3S/c16-15(17)23-12-8-4-2-6-10(12)14(22)19-18-13(21)9-5-1-3-7-11(9)20/h1-8,15,20H,(H,18,21)(H,19,22). The van der Waals surface area contributed by atoms with Crippen molar-refractivity contribution in [2.24, 2.45) is 0 Å². The Morgan fingerprint density at radius 2 is 1.43 bits per heavy atom. The van der Waals surface area contributed by atoms with E-state index in [2.05, 4.69) is 10.9 Å². The van der Waals surface area contributed by atoms with Gasteiger partial charge in [0.2, 0.25) is 0 Å². The van der Waals surface area contributed by atoms with Crippen LogP contribution in [0.5, 0.6) is 5.75 Å². The van der Waals surface area contributed by atoms with E-state index in [0.717, 1.165) is 0 Å². The van der Waals surface area contributed by atoms with E-state index in [4.69, 9.17) is 0 Å². The number of hydrazine groups is 1. The monoisotopic (exact) mass is 338 g/mol. The Kier molecular flexibility index (Phi) is 5.53. The molecule has 0 aliphatic rings.